The first kappa shape index (κ1) is 20.2. The van der Waals surface area contributed by atoms with E-state index in [1.165, 1.54) is 11.3 Å². The molecule has 7 heteroatoms. The highest BCUT2D eigenvalue weighted by Gasteiger charge is 2.35. The third kappa shape index (κ3) is 5.71. The van der Waals surface area contributed by atoms with Crippen molar-refractivity contribution in [1.82, 2.24) is 15.5 Å². The van der Waals surface area contributed by atoms with Crippen LogP contribution in [0.5, 0.6) is 0 Å². The smallest absolute Gasteiger partial charge is 0.410 e. The number of amides is 3. The number of nitrogens with zero attached hydrogens (tertiary/aromatic N) is 1. The normalized spacial score (nSPS) is 19.9. The highest BCUT2D eigenvalue weighted by molar-refractivity contribution is 5.89. The van der Waals surface area contributed by atoms with Gasteiger partial charge in [0.05, 0.1) is 6.54 Å². The van der Waals surface area contributed by atoms with E-state index in [2.05, 4.69) is 10.6 Å². The molecule has 1 aromatic carbocycles. The molecule has 0 spiro atoms. The quantitative estimate of drug-likeness (QED) is 0.784. The van der Waals surface area contributed by atoms with Crippen LogP contribution in [0, 0.1) is 0 Å². The average molecular weight is 387 g/mol. The average Bonchev–Trinajstić information content (AvgIpc) is 3.22. The molecule has 0 aromatic heterocycles. The van der Waals surface area contributed by atoms with Crippen molar-refractivity contribution in [2.75, 3.05) is 13.1 Å². The zero-order chi connectivity index (χ0) is 19.8. The predicted octanol–water partition coefficient (Wildman–Crippen LogP) is 2.35. The van der Waals surface area contributed by atoms with E-state index in [-0.39, 0.29) is 31.0 Å². The van der Waals surface area contributed by atoms with Gasteiger partial charge < -0.3 is 15.4 Å². The molecule has 1 heterocycles. The summed E-state index contributed by atoms with van der Waals surface area (Å²) in [4.78, 5) is 38.4. The fourth-order valence-corrected chi connectivity index (χ4v) is 3.87. The van der Waals surface area contributed by atoms with Gasteiger partial charge in [0.25, 0.3) is 0 Å². The topological polar surface area (TPSA) is 87.7 Å². The minimum atomic E-state index is -0.578. The first-order valence-corrected chi connectivity index (χ1v) is 10.2. The number of ether oxygens (including phenoxy) is 1. The largest absolute Gasteiger partial charge is 0.445 e. The molecule has 1 atom stereocenters. The molecule has 28 heavy (non-hydrogen) atoms. The molecule has 1 saturated heterocycles. The van der Waals surface area contributed by atoms with Crippen molar-refractivity contribution in [3.05, 3.63) is 35.9 Å². The summed E-state index contributed by atoms with van der Waals surface area (Å²) in [5, 5.41) is 5.65. The number of hydrogen-bond donors (Lipinski definition) is 2. The Labute approximate surface area is 165 Å². The van der Waals surface area contributed by atoms with E-state index >= 15 is 0 Å². The first-order chi connectivity index (χ1) is 13.6. The van der Waals surface area contributed by atoms with Gasteiger partial charge in [-0.3, -0.25) is 14.5 Å². The van der Waals surface area contributed by atoms with Gasteiger partial charge in [-0.25, -0.2) is 4.79 Å². The highest BCUT2D eigenvalue weighted by Crippen LogP contribution is 2.19. The summed E-state index contributed by atoms with van der Waals surface area (Å²) in [5.74, 6) is -0.468. The van der Waals surface area contributed by atoms with Crippen molar-refractivity contribution in [2.24, 2.45) is 0 Å². The Hall–Kier alpha value is -2.57. The SMILES string of the molecule is O=C(CNC(=O)[C@@H]1CCCN1C(=O)OCc1ccccc1)NC1CCCCC1. The molecule has 7 nitrogen and oxygen atoms in total. The van der Waals surface area contributed by atoms with Crippen LogP contribution in [-0.2, 0) is 20.9 Å². The molecule has 1 saturated carbocycles. The molecule has 0 unspecified atom stereocenters. The van der Waals surface area contributed by atoms with Gasteiger partial charge in [-0.15, -0.1) is 0 Å². The number of nitrogens with one attached hydrogen (secondary N) is 2. The third-order valence-corrected chi connectivity index (χ3v) is 5.39. The van der Waals surface area contributed by atoms with Crippen LogP contribution in [0.2, 0.25) is 0 Å². The lowest BCUT2D eigenvalue weighted by molar-refractivity contribution is -0.128. The van der Waals surface area contributed by atoms with Crippen molar-refractivity contribution in [3.63, 3.8) is 0 Å². The van der Waals surface area contributed by atoms with Crippen LogP contribution in [0.15, 0.2) is 30.3 Å². The van der Waals surface area contributed by atoms with Crippen LogP contribution in [-0.4, -0.2) is 48.0 Å². The molecule has 0 radical (unpaired) electrons. The Morgan fingerprint density at radius 3 is 2.50 bits per heavy atom. The van der Waals surface area contributed by atoms with Gasteiger partial charge in [-0.1, -0.05) is 49.6 Å². The van der Waals surface area contributed by atoms with Crippen LogP contribution in [0.4, 0.5) is 4.79 Å². The second kappa shape index (κ2) is 10.1. The number of carbonyl (C=O) groups is 3. The minimum absolute atomic E-state index is 0.0568. The molecule has 2 aliphatic rings. The summed E-state index contributed by atoms with van der Waals surface area (Å²) < 4.78 is 5.35. The van der Waals surface area contributed by atoms with Crippen molar-refractivity contribution in [3.8, 4) is 0 Å². The van der Waals surface area contributed by atoms with Crippen molar-refractivity contribution < 1.29 is 19.1 Å². The van der Waals surface area contributed by atoms with Gasteiger partial charge >= 0.3 is 6.09 Å². The van der Waals surface area contributed by atoms with Crippen molar-refractivity contribution in [1.29, 1.82) is 0 Å². The van der Waals surface area contributed by atoms with Gasteiger partial charge in [0.2, 0.25) is 11.8 Å². The molecule has 2 N–H and O–H groups in total. The summed E-state index contributed by atoms with van der Waals surface area (Å²) in [6.07, 6.45) is 6.34. The van der Waals surface area contributed by atoms with Crippen LogP contribution in [0.1, 0.15) is 50.5 Å². The minimum Gasteiger partial charge on any atom is -0.445 e. The van der Waals surface area contributed by atoms with E-state index < -0.39 is 12.1 Å². The van der Waals surface area contributed by atoms with Crippen molar-refractivity contribution >= 4 is 17.9 Å². The zero-order valence-electron chi connectivity index (χ0n) is 16.2. The van der Waals surface area contributed by atoms with Gasteiger partial charge in [0.15, 0.2) is 0 Å². The summed E-state index contributed by atoms with van der Waals surface area (Å²) in [6, 6.07) is 9.07. The van der Waals surface area contributed by atoms with E-state index in [0.29, 0.717) is 13.0 Å². The Morgan fingerprint density at radius 1 is 1.00 bits per heavy atom. The summed E-state index contributed by atoms with van der Waals surface area (Å²) in [7, 11) is 0. The Balaban J connectivity index is 1.43. The molecule has 3 amide bonds. The maximum Gasteiger partial charge on any atom is 0.410 e. The predicted molar refractivity (Wildman–Crippen MR) is 104 cm³/mol. The van der Waals surface area contributed by atoms with Crippen LogP contribution < -0.4 is 10.6 Å². The van der Waals surface area contributed by atoms with Crippen molar-refractivity contribution in [2.45, 2.75) is 63.6 Å². The molecule has 1 aliphatic heterocycles. The maximum atomic E-state index is 12.5. The monoisotopic (exact) mass is 387 g/mol. The lowest BCUT2D eigenvalue weighted by Crippen LogP contribution is -2.49. The molecule has 1 aromatic rings. The Morgan fingerprint density at radius 2 is 1.75 bits per heavy atom. The van der Waals surface area contributed by atoms with Gasteiger partial charge in [-0.2, -0.15) is 0 Å². The fourth-order valence-electron chi connectivity index (χ4n) is 3.87. The van der Waals surface area contributed by atoms with E-state index in [9.17, 15) is 14.4 Å². The van der Waals surface area contributed by atoms with Gasteiger partial charge in [0, 0.05) is 12.6 Å². The molecule has 1 aliphatic carbocycles. The molecular formula is C21H29N3O4. The van der Waals surface area contributed by atoms with E-state index in [4.69, 9.17) is 4.74 Å². The van der Waals surface area contributed by atoms with Crippen LogP contribution in [0.25, 0.3) is 0 Å². The maximum absolute atomic E-state index is 12.5. The van der Waals surface area contributed by atoms with E-state index in [0.717, 1.165) is 37.7 Å². The lowest BCUT2D eigenvalue weighted by Gasteiger charge is -2.24. The molecule has 152 valence electrons. The van der Waals surface area contributed by atoms with Crippen LogP contribution >= 0.6 is 0 Å². The molecule has 3 rings (SSSR count). The van der Waals surface area contributed by atoms with E-state index in [1.54, 1.807) is 0 Å². The second-order valence-electron chi connectivity index (χ2n) is 7.51. The molecular weight excluding hydrogens is 358 g/mol. The Bertz CT molecular complexity index is 673. The fraction of sp³-hybridized carbons (Fsp3) is 0.571. The summed E-state index contributed by atoms with van der Waals surface area (Å²) in [5.41, 5.74) is 0.899. The van der Waals surface area contributed by atoms with Gasteiger partial charge in [0.1, 0.15) is 12.6 Å². The standard InChI is InChI=1S/C21H29N3O4/c25-19(23-17-10-5-2-6-11-17)14-22-20(26)18-12-7-13-24(18)21(27)28-15-16-8-3-1-4-9-16/h1,3-4,8-9,17-18H,2,5-7,10-15H2,(H,22,26)(H,23,25)/t18-/m0/s1. The number of benzene rings is 1. The number of carbonyl (C=O) groups excluding carboxylic acids is 3. The van der Waals surface area contributed by atoms with Gasteiger partial charge in [-0.05, 0) is 31.2 Å². The molecule has 0 bridgehead atoms. The first-order valence-electron chi connectivity index (χ1n) is 10.2. The number of rotatable bonds is 6. The van der Waals surface area contributed by atoms with Crippen LogP contribution in [0.3, 0.4) is 0 Å². The second-order valence-corrected chi connectivity index (χ2v) is 7.51. The Kier molecular flexibility index (Phi) is 7.28. The summed E-state index contributed by atoms with van der Waals surface area (Å²) in [6.45, 7) is 0.604. The number of hydrogen-bond acceptors (Lipinski definition) is 4. The number of likely N-dealkylation sites (tertiary alicyclic amines) is 1. The highest BCUT2D eigenvalue weighted by atomic mass is 16.6. The molecule has 2 fully saturated rings. The third-order valence-electron chi connectivity index (χ3n) is 5.39. The van der Waals surface area contributed by atoms with E-state index in [1.807, 2.05) is 30.3 Å². The lowest BCUT2D eigenvalue weighted by atomic mass is 9.95. The zero-order valence-corrected chi connectivity index (χ0v) is 16.2. The summed E-state index contributed by atoms with van der Waals surface area (Å²) >= 11 is 0.